The Hall–Kier alpha value is -0.300. The van der Waals surface area contributed by atoms with Gasteiger partial charge in [0.05, 0.1) is 0 Å². The lowest BCUT2D eigenvalue weighted by Crippen LogP contribution is -2.55. The normalized spacial score (nSPS) is 32.7. The Kier molecular flexibility index (Phi) is 3.59. The molecule has 1 aliphatic rings. The average molecular weight is 259 g/mol. The van der Waals surface area contributed by atoms with Crippen LogP contribution in [0.25, 0.3) is 0 Å². The van der Waals surface area contributed by atoms with E-state index in [1.807, 2.05) is 4.72 Å². The smallest absolute Gasteiger partial charge is 0.203 e. The summed E-state index contributed by atoms with van der Waals surface area (Å²) in [6.07, 6.45) is 2.88. The highest BCUT2D eigenvalue weighted by Crippen LogP contribution is 2.35. The maximum absolute atomic E-state index is 12.2. The van der Waals surface area contributed by atoms with Crippen LogP contribution < -0.4 is 4.72 Å². The van der Waals surface area contributed by atoms with E-state index in [9.17, 15) is 21.6 Å². The van der Waals surface area contributed by atoms with Crippen molar-refractivity contribution in [2.75, 3.05) is 0 Å². The molecule has 0 saturated heterocycles. The van der Waals surface area contributed by atoms with Crippen LogP contribution in [0.4, 0.5) is 13.2 Å². The molecular weight excluding hydrogens is 243 g/mol. The van der Waals surface area contributed by atoms with Crippen molar-refractivity contribution >= 4 is 10.0 Å². The van der Waals surface area contributed by atoms with Crippen LogP contribution in [0, 0.1) is 5.92 Å². The van der Waals surface area contributed by atoms with E-state index < -0.39 is 21.1 Å². The Morgan fingerprint density at radius 2 is 1.88 bits per heavy atom. The summed E-state index contributed by atoms with van der Waals surface area (Å²) in [5.74, 6) is -0.0848. The topological polar surface area (TPSA) is 46.2 Å². The third-order valence-corrected chi connectivity index (χ3v) is 4.69. The minimum atomic E-state index is -5.24. The van der Waals surface area contributed by atoms with Gasteiger partial charge in [0.1, 0.15) is 0 Å². The fourth-order valence-electron chi connectivity index (χ4n) is 2.02. The average Bonchev–Trinajstić information content (AvgIpc) is 2.07. The van der Waals surface area contributed by atoms with Crippen LogP contribution in [-0.4, -0.2) is 19.5 Å². The van der Waals surface area contributed by atoms with Gasteiger partial charge in [-0.1, -0.05) is 19.8 Å². The Bertz CT molecular complexity index is 352. The first kappa shape index (κ1) is 13.8. The Morgan fingerprint density at radius 3 is 2.31 bits per heavy atom. The van der Waals surface area contributed by atoms with Crippen molar-refractivity contribution in [1.82, 2.24) is 4.72 Å². The molecule has 0 amide bonds. The van der Waals surface area contributed by atoms with Crippen molar-refractivity contribution in [3.63, 3.8) is 0 Å². The highest BCUT2D eigenvalue weighted by atomic mass is 32.2. The summed E-state index contributed by atoms with van der Waals surface area (Å²) in [6.45, 7) is 3.32. The van der Waals surface area contributed by atoms with E-state index in [0.717, 1.165) is 19.3 Å². The van der Waals surface area contributed by atoms with Crippen LogP contribution in [0.3, 0.4) is 0 Å². The molecule has 1 N–H and O–H groups in total. The summed E-state index contributed by atoms with van der Waals surface area (Å²) in [7, 11) is -5.24. The van der Waals surface area contributed by atoms with Crippen LogP contribution in [0.2, 0.25) is 0 Å². The number of halogens is 3. The van der Waals surface area contributed by atoms with E-state index in [4.69, 9.17) is 0 Å². The molecule has 0 heterocycles. The first-order valence-corrected chi connectivity index (χ1v) is 6.67. The third kappa shape index (κ3) is 2.68. The number of alkyl halides is 3. The lowest BCUT2D eigenvalue weighted by Gasteiger charge is -2.40. The van der Waals surface area contributed by atoms with Gasteiger partial charge in [0.15, 0.2) is 0 Å². The predicted molar refractivity (Wildman–Crippen MR) is 54.1 cm³/mol. The van der Waals surface area contributed by atoms with E-state index in [0.29, 0.717) is 6.42 Å². The second kappa shape index (κ2) is 4.18. The highest BCUT2D eigenvalue weighted by molar-refractivity contribution is 7.90. The van der Waals surface area contributed by atoms with Crippen molar-refractivity contribution in [2.45, 2.75) is 50.6 Å². The van der Waals surface area contributed by atoms with E-state index in [-0.39, 0.29) is 5.92 Å². The van der Waals surface area contributed by atoms with Gasteiger partial charge in [0.25, 0.3) is 0 Å². The lowest BCUT2D eigenvalue weighted by molar-refractivity contribution is -0.0462. The molecule has 2 unspecified atom stereocenters. The minimum absolute atomic E-state index is 0.0848. The van der Waals surface area contributed by atoms with E-state index >= 15 is 0 Å². The van der Waals surface area contributed by atoms with Crippen molar-refractivity contribution in [1.29, 1.82) is 0 Å². The molecule has 7 heteroatoms. The van der Waals surface area contributed by atoms with Gasteiger partial charge in [0, 0.05) is 5.54 Å². The van der Waals surface area contributed by atoms with Gasteiger partial charge >= 0.3 is 15.5 Å². The Labute approximate surface area is 93.5 Å². The molecule has 0 spiro atoms. The summed E-state index contributed by atoms with van der Waals surface area (Å²) in [6, 6.07) is 0. The molecule has 1 rings (SSSR count). The number of nitrogens with one attached hydrogen (secondary N) is 1. The summed E-state index contributed by atoms with van der Waals surface area (Å²) in [5, 5.41) is 0. The van der Waals surface area contributed by atoms with Gasteiger partial charge in [-0.3, -0.25) is 0 Å². The minimum Gasteiger partial charge on any atom is -0.203 e. The lowest BCUT2D eigenvalue weighted by atomic mass is 9.76. The van der Waals surface area contributed by atoms with Crippen LogP contribution in [0.1, 0.15) is 39.5 Å². The zero-order valence-corrected chi connectivity index (χ0v) is 10.1. The zero-order valence-electron chi connectivity index (χ0n) is 9.26. The monoisotopic (exact) mass is 259 g/mol. The van der Waals surface area contributed by atoms with Gasteiger partial charge in [-0.2, -0.15) is 13.2 Å². The Morgan fingerprint density at radius 1 is 1.31 bits per heavy atom. The molecule has 0 aromatic rings. The summed E-state index contributed by atoms with van der Waals surface area (Å²) < 4.78 is 60.6. The van der Waals surface area contributed by atoms with Crippen LogP contribution in [0.5, 0.6) is 0 Å². The molecule has 1 aliphatic carbocycles. The number of hydrogen-bond donors (Lipinski definition) is 1. The van der Waals surface area contributed by atoms with E-state index in [1.165, 1.54) is 0 Å². The second-order valence-corrected chi connectivity index (χ2v) is 6.29. The molecule has 3 nitrogen and oxygen atoms in total. The SMILES string of the molecule is CC1CCCCC1(C)NS(=O)(=O)C(F)(F)F. The molecule has 1 fully saturated rings. The van der Waals surface area contributed by atoms with Gasteiger partial charge in [-0.05, 0) is 25.7 Å². The largest absolute Gasteiger partial charge is 0.511 e. The van der Waals surface area contributed by atoms with E-state index in [2.05, 4.69) is 0 Å². The Balaban J connectivity index is 2.87. The molecule has 16 heavy (non-hydrogen) atoms. The van der Waals surface area contributed by atoms with Crippen LogP contribution in [-0.2, 0) is 10.0 Å². The molecule has 0 radical (unpaired) electrons. The molecule has 0 aliphatic heterocycles. The molecule has 2 atom stereocenters. The fraction of sp³-hybridized carbons (Fsp3) is 1.00. The second-order valence-electron chi connectivity index (χ2n) is 4.62. The van der Waals surface area contributed by atoms with Gasteiger partial charge in [-0.15, -0.1) is 0 Å². The molecule has 1 saturated carbocycles. The van der Waals surface area contributed by atoms with Gasteiger partial charge in [0.2, 0.25) is 0 Å². The highest BCUT2D eigenvalue weighted by Gasteiger charge is 2.50. The molecule has 0 aromatic heterocycles. The fourth-order valence-corrected chi connectivity index (χ4v) is 3.06. The molecule has 0 bridgehead atoms. The van der Waals surface area contributed by atoms with Crippen LogP contribution >= 0.6 is 0 Å². The zero-order chi connectivity index (χ0) is 12.6. The van der Waals surface area contributed by atoms with Gasteiger partial charge in [-0.25, -0.2) is 13.1 Å². The number of rotatable bonds is 2. The number of hydrogen-bond acceptors (Lipinski definition) is 2. The third-order valence-electron chi connectivity index (χ3n) is 3.34. The maximum atomic E-state index is 12.2. The predicted octanol–water partition coefficient (Wildman–Crippen LogP) is 2.39. The standard InChI is InChI=1S/C9H16F3NO2S/c1-7-5-3-4-6-8(7,2)13-16(14,15)9(10,11)12/h7,13H,3-6H2,1-2H3. The number of sulfonamides is 1. The quantitative estimate of drug-likeness (QED) is 0.827. The first-order valence-electron chi connectivity index (χ1n) is 5.19. The van der Waals surface area contributed by atoms with Crippen molar-refractivity contribution in [3.8, 4) is 0 Å². The summed E-state index contributed by atoms with van der Waals surface area (Å²) >= 11 is 0. The first-order chi connectivity index (χ1) is 7.08. The van der Waals surface area contributed by atoms with Crippen molar-refractivity contribution in [2.24, 2.45) is 5.92 Å². The van der Waals surface area contributed by atoms with Crippen molar-refractivity contribution in [3.05, 3.63) is 0 Å². The maximum Gasteiger partial charge on any atom is 0.511 e. The molecule has 96 valence electrons. The van der Waals surface area contributed by atoms with Crippen LogP contribution in [0.15, 0.2) is 0 Å². The summed E-state index contributed by atoms with van der Waals surface area (Å²) in [4.78, 5) is 0. The van der Waals surface area contributed by atoms with Crippen molar-refractivity contribution < 1.29 is 21.6 Å². The molecular formula is C9H16F3NO2S. The van der Waals surface area contributed by atoms with Gasteiger partial charge < -0.3 is 0 Å². The van der Waals surface area contributed by atoms with E-state index in [1.54, 1.807) is 13.8 Å². The molecule has 0 aromatic carbocycles. The summed E-state index contributed by atoms with van der Waals surface area (Å²) in [5.41, 5.74) is -6.21.